The van der Waals surface area contributed by atoms with E-state index in [1.54, 1.807) is 0 Å². The number of carbonyl (C=O) groups excluding carboxylic acids is 3. The second kappa shape index (κ2) is 59.2. The number of esters is 3. The fourth-order valence-electron chi connectivity index (χ4n) is 8.38. The van der Waals surface area contributed by atoms with E-state index in [2.05, 4.69) is 106 Å². The largest absolute Gasteiger partial charge is 0.462 e. The number of hydrogen-bond acceptors (Lipinski definition) is 6. The highest BCUT2D eigenvalue weighted by molar-refractivity contribution is 5.71. The van der Waals surface area contributed by atoms with E-state index < -0.39 is 6.10 Å². The van der Waals surface area contributed by atoms with E-state index in [9.17, 15) is 14.4 Å². The van der Waals surface area contributed by atoms with Crippen molar-refractivity contribution in [1.82, 2.24) is 0 Å². The molecule has 408 valence electrons. The molecule has 0 rings (SSSR count). The first-order valence-corrected chi connectivity index (χ1v) is 30.1. The van der Waals surface area contributed by atoms with Gasteiger partial charge in [0.15, 0.2) is 6.10 Å². The molecule has 1 atom stereocenters. The Morgan fingerprint density at radius 1 is 0.310 bits per heavy atom. The second-order valence-electron chi connectivity index (χ2n) is 19.9. The Morgan fingerprint density at radius 3 is 0.944 bits per heavy atom. The lowest BCUT2D eigenvalue weighted by atomic mass is 10.1. The minimum absolute atomic E-state index is 0.0840. The standard InChI is InChI=1S/C65H112O6/c1-4-7-10-13-16-19-22-25-28-30-32-34-37-40-43-46-49-52-55-58-64(67)70-61-62(60-69-63(66)57-54-51-48-45-42-39-36-27-24-21-18-15-12-9-6-3)71-65(68)59-56-53-50-47-44-41-38-35-33-31-29-26-23-20-17-14-11-8-5-2/h7,10,16-21,23-28,62H,4-6,8-9,11-15,22,29-61H2,1-3H3/b10-7-,19-16-,20-17-,21-18-,26-23-,27-24-,28-25-. The molecule has 0 bridgehead atoms. The second-order valence-corrected chi connectivity index (χ2v) is 19.9. The molecule has 0 aromatic carbocycles. The van der Waals surface area contributed by atoms with Crippen LogP contribution in [0.15, 0.2) is 85.1 Å². The molecule has 0 aliphatic rings. The highest BCUT2D eigenvalue weighted by Gasteiger charge is 2.19. The van der Waals surface area contributed by atoms with Gasteiger partial charge < -0.3 is 14.2 Å². The summed E-state index contributed by atoms with van der Waals surface area (Å²) >= 11 is 0. The number of ether oxygens (including phenoxy) is 3. The molecule has 0 aromatic heterocycles. The van der Waals surface area contributed by atoms with Gasteiger partial charge >= 0.3 is 17.9 Å². The zero-order valence-electron chi connectivity index (χ0n) is 46.7. The van der Waals surface area contributed by atoms with Crippen molar-refractivity contribution < 1.29 is 28.6 Å². The van der Waals surface area contributed by atoms with Crippen molar-refractivity contribution in [3.63, 3.8) is 0 Å². The average molecular weight is 990 g/mol. The highest BCUT2D eigenvalue weighted by atomic mass is 16.6. The Labute approximate surface area is 439 Å². The summed E-state index contributed by atoms with van der Waals surface area (Å²) in [6.45, 7) is 6.48. The third kappa shape index (κ3) is 57.4. The van der Waals surface area contributed by atoms with Crippen LogP contribution in [0.2, 0.25) is 0 Å². The number of carbonyl (C=O) groups is 3. The van der Waals surface area contributed by atoms with Crippen LogP contribution in [-0.2, 0) is 28.6 Å². The number of rotatable bonds is 54. The van der Waals surface area contributed by atoms with Crippen LogP contribution in [0.5, 0.6) is 0 Å². The van der Waals surface area contributed by atoms with E-state index >= 15 is 0 Å². The third-order valence-electron chi connectivity index (χ3n) is 12.9. The molecule has 0 radical (unpaired) electrons. The lowest BCUT2D eigenvalue weighted by Gasteiger charge is -2.18. The van der Waals surface area contributed by atoms with Gasteiger partial charge in [-0.15, -0.1) is 0 Å². The molecule has 6 nitrogen and oxygen atoms in total. The van der Waals surface area contributed by atoms with E-state index in [4.69, 9.17) is 14.2 Å². The Bertz CT molecular complexity index is 1370. The minimum atomic E-state index is -0.787. The summed E-state index contributed by atoms with van der Waals surface area (Å²) < 4.78 is 16.9. The predicted octanol–water partition coefficient (Wildman–Crippen LogP) is 20.3. The topological polar surface area (TPSA) is 78.9 Å². The molecule has 0 spiro atoms. The SMILES string of the molecule is CC/C=C\C/C=C\C/C=C\CCCCCCCCCCCC(=O)OCC(COC(=O)CCCCCCCC/C=C\C=C/CCCCC)OC(=O)CCCCCCCCCCCC/C=C\C=C/CCCCC. The molecule has 0 aliphatic heterocycles. The molecular formula is C65H112O6. The summed E-state index contributed by atoms with van der Waals surface area (Å²) in [6, 6.07) is 0. The van der Waals surface area contributed by atoms with Crippen LogP contribution in [0.25, 0.3) is 0 Å². The van der Waals surface area contributed by atoms with Crippen LogP contribution in [0.3, 0.4) is 0 Å². The van der Waals surface area contributed by atoms with Crippen molar-refractivity contribution >= 4 is 17.9 Å². The fraction of sp³-hybridized carbons (Fsp3) is 0.738. The molecule has 6 heteroatoms. The molecular weight excluding hydrogens is 877 g/mol. The maximum absolute atomic E-state index is 12.9. The predicted molar refractivity (Wildman–Crippen MR) is 307 cm³/mol. The van der Waals surface area contributed by atoms with Crippen LogP contribution in [0, 0.1) is 0 Å². The summed E-state index contributed by atoms with van der Waals surface area (Å²) in [4.78, 5) is 38.3. The van der Waals surface area contributed by atoms with Gasteiger partial charge in [0.05, 0.1) is 0 Å². The number of hydrogen-bond donors (Lipinski definition) is 0. The molecule has 1 unspecified atom stereocenters. The van der Waals surface area contributed by atoms with Gasteiger partial charge in [-0.3, -0.25) is 14.4 Å². The maximum Gasteiger partial charge on any atom is 0.306 e. The molecule has 0 heterocycles. The highest BCUT2D eigenvalue weighted by Crippen LogP contribution is 2.16. The van der Waals surface area contributed by atoms with Crippen molar-refractivity contribution in [2.45, 2.75) is 297 Å². The van der Waals surface area contributed by atoms with E-state index in [1.807, 2.05) is 0 Å². The zero-order valence-corrected chi connectivity index (χ0v) is 46.7. The van der Waals surface area contributed by atoms with E-state index in [1.165, 1.54) is 167 Å². The van der Waals surface area contributed by atoms with Gasteiger partial charge in [0.25, 0.3) is 0 Å². The molecule has 71 heavy (non-hydrogen) atoms. The Morgan fingerprint density at radius 2 is 0.592 bits per heavy atom. The lowest BCUT2D eigenvalue weighted by molar-refractivity contribution is -0.167. The van der Waals surface area contributed by atoms with E-state index in [0.29, 0.717) is 19.3 Å². The normalized spacial score (nSPS) is 12.7. The Kier molecular flexibility index (Phi) is 56.3. The molecule has 0 fully saturated rings. The molecule has 0 saturated heterocycles. The van der Waals surface area contributed by atoms with Gasteiger partial charge in [0.2, 0.25) is 0 Å². The van der Waals surface area contributed by atoms with Crippen LogP contribution in [0.4, 0.5) is 0 Å². The molecule has 0 N–H and O–H groups in total. The minimum Gasteiger partial charge on any atom is -0.462 e. The Balaban J connectivity index is 4.39. The first-order chi connectivity index (χ1) is 35.0. The van der Waals surface area contributed by atoms with Gasteiger partial charge in [-0.1, -0.05) is 254 Å². The number of unbranched alkanes of at least 4 members (excludes halogenated alkanes) is 31. The van der Waals surface area contributed by atoms with Gasteiger partial charge in [-0.05, 0) is 103 Å². The monoisotopic (exact) mass is 989 g/mol. The first-order valence-electron chi connectivity index (χ1n) is 30.1. The van der Waals surface area contributed by atoms with Crippen LogP contribution < -0.4 is 0 Å². The van der Waals surface area contributed by atoms with Crippen LogP contribution in [0.1, 0.15) is 290 Å². The summed E-state index contributed by atoms with van der Waals surface area (Å²) in [6.07, 6.45) is 77.1. The molecule has 0 aromatic rings. The van der Waals surface area contributed by atoms with Crippen molar-refractivity contribution in [3.05, 3.63) is 85.1 Å². The van der Waals surface area contributed by atoms with Crippen LogP contribution in [-0.4, -0.2) is 37.2 Å². The fourth-order valence-corrected chi connectivity index (χ4v) is 8.38. The summed E-state index contributed by atoms with van der Waals surface area (Å²) in [5.41, 5.74) is 0. The smallest absolute Gasteiger partial charge is 0.306 e. The van der Waals surface area contributed by atoms with Crippen LogP contribution >= 0.6 is 0 Å². The van der Waals surface area contributed by atoms with E-state index in [-0.39, 0.29) is 31.1 Å². The molecule has 0 saturated carbocycles. The number of allylic oxidation sites excluding steroid dienone is 14. The van der Waals surface area contributed by atoms with Gasteiger partial charge in [0, 0.05) is 19.3 Å². The maximum atomic E-state index is 12.9. The average Bonchev–Trinajstić information content (AvgIpc) is 3.37. The van der Waals surface area contributed by atoms with E-state index in [0.717, 1.165) is 83.5 Å². The van der Waals surface area contributed by atoms with Gasteiger partial charge in [0.1, 0.15) is 13.2 Å². The lowest BCUT2D eigenvalue weighted by Crippen LogP contribution is -2.30. The molecule has 0 aliphatic carbocycles. The van der Waals surface area contributed by atoms with Crippen molar-refractivity contribution in [3.8, 4) is 0 Å². The summed E-state index contributed by atoms with van der Waals surface area (Å²) in [5.74, 6) is -0.895. The first kappa shape index (κ1) is 67.6. The Hall–Kier alpha value is -3.41. The van der Waals surface area contributed by atoms with Gasteiger partial charge in [-0.25, -0.2) is 0 Å². The third-order valence-corrected chi connectivity index (χ3v) is 12.9. The quantitative estimate of drug-likeness (QED) is 0.0199. The summed E-state index contributed by atoms with van der Waals surface area (Å²) in [7, 11) is 0. The van der Waals surface area contributed by atoms with Crippen molar-refractivity contribution in [2.24, 2.45) is 0 Å². The van der Waals surface area contributed by atoms with Crippen molar-refractivity contribution in [2.75, 3.05) is 13.2 Å². The molecule has 0 amide bonds. The van der Waals surface area contributed by atoms with Gasteiger partial charge in [-0.2, -0.15) is 0 Å². The zero-order chi connectivity index (χ0) is 51.4. The van der Waals surface area contributed by atoms with Crippen molar-refractivity contribution in [1.29, 1.82) is 0 Å². The summed E-state index contributed by atoms with van der Waals surface area (Å²) in [5, 5.41) is 0.